The molecule has 0 unspecified atom stereocenters. The van der Waals surface area contributed by atoms with E-state index in [-0.39, 0.29) is 18.3 Å². The summed E-state index contributed by atoms with van der Waals surface area (Å²) in [6.45, 7) is 11.2. The van der Waals surface area contributed by atoms with Gasteiger partial charge in [-0.2, -0.15) is 0 Å². The molecule has 0 saturated carbocycles. The third-order valence-corrected chi connectivity index (χ3v) is 28.1. The minimum Gasteiger partial charge on any atom is -0.456 e. The van der Waals surface area contributed by atoms with Gasteiger partial charge in [-0.05, 0) is 210 Å². The van der Waals surface area contributed by atoms with Crippen molar-refractivity contribution < 1.29 is 18.9 Å². The van der Waals surface area contributed by atoms with E-state index in [2.05, 4.69) is 402 Å². The van der Waals surface area contributed by atoms with Gasteiger partial charge >= 0.3 is 7.12 Å². The average Bonchev–Trinajstić information content (AvgIpc) is 1.53. The molecule has 18 aromatic carbocycles. The second-order valence-electron chi connectivity index (χ2n) is 33.6. The van der Waals surface area contributed by atoms with Crippen LogP contribution in [0.2, 0.25) is 0 Å². The van der Waals surface area contributed by atoms with Gasteiger partial charge in [0.15, 0.2) is 0 Å². The van der Waals surface area contributed by atoms with Crippen LogP contribution in [0.5, 0.6) is 0 Å². The smallest absolute Gasteiger partial charge is 0.456 e. The zero-order valence-corrected chi connectivity index (χ0v) is 70.7. The Morgan fingerprint density at radius 2 is 0.624 bits per heavy atom. The third kappa shape index (κ3) is 13.4. The van der Waals surface area contributed by atoms with E-state index in [4.69, 9.17) is 8.83 Å². The summed E-state index contributed by atoms with van der Waals surface area (Å²) >= 11 is 3.74. The highest BCUT2D eigenvalue weighted by Crippen LogP contribution is 2.55. The lowest BCUT2D eigenvalue weighted by Crippen LogP contribution is -2.31. The molecule has 0 bridgehead atoms. The fraction of sp³-hybridized carbons (Fsp3) is 0.0690. The Balaban J connectivity index is 0.000000129. The topological polar surface area (TPSA) is 73.2 Å². The van der Waals surface area contributed by atoms with Crippen molar-refractivity contribution in [3.8, 4) is 77.9 Å². The van der Waals surface area contributed by atoms with Crippen LogP contribution in [0.15, 0.2) is 409 Å². The molecular weight excluding hydrogens is 1560 g/mol. The lowest BCUT2D eigenvalue weighted by atomic mass is 9.75. The summed E-state index contributed by atoms with van der Waals surface area (Å²) in [5, 5.41) is 28.4. The highest BCUT2D eigenvalue weighted by atomic mass is 32.1. The lowest BCUT2D eigenvalue weighted by molar-refractivity contribution is 0.425. The first kappa shape index (κ1) is 77.9. The van der Waals surface area contributed by atoms with E-state index in [9.17, 15) is 10.0 Å². The van der Waals surface area contributed by atoms with Crippen LogP contribution in [0.1, 0.15) is 62.9 Å². The van der Waals surface area contributed by atoms with Gasteiger partial charge in [0.25, 0.3) is 0 Å². The number of hydrogen-bond acceptors (Lipinski definition) is 8. The first-order valence-electron chi connectivity index (χ1n) is 42.4. The number of aryl methyl sites for hydroxylation is 1. The molecule has 9 heteroatoms. The number of hydrogen-bond donors (Lipinski definition) is 2. The molecule has 0 aliphatic heterocycles. The number of thiophene rings is 2. The van der Waals surface area contributed by atoms with Gasteiger partial charge in [0.05, 0.1) is 11.4 Å². The predicted octanol–water partition coefficient (Wildman–Crippen LogP) is 32.1. The Hall–Kier alpha value is -14.4. The van der Waals surface area contributed by atoms with Crippen LogP contribution in [0, 0.1) is 6.92 Å². The molecule has 6 nitrogen and oxygen atoms in total. The molecule has 0 spiro atoms. The van der Waals surface area contributed by atoms with E-state index in [1.807, 2.05) is 59.1 Å². The first-order chi connectivity index (χ1) is 60.7. The zero-order valence-electron chi connectivity index (χ0n) is 69.1. The molecule has 4 aromatic heterocycles. The maximum absolute atomic E-state index is 9.30. The number of nitrogens with zero attached hydrogens (tertiary/aromatic N) is 2. The second kappa shape index (κ2) is 31.5. The molecule has 2 N–H and O–H groups in total. The Morgan fingerprint density at radius 1 is 0.272 bits per heavy atom. The van der Waals surface area contributed by atoms with E-state index in [1.165, 1.54) is 124 Å². The number of benzene rings is 18. The first-order valence-corrected chi connectivity index (χ1v) is 44.0. The summed E-state index contributed by atoms with van der Waals surface area (Å²) in [4.78, 5) is 4.76. The zero-order chi connectivity index (χ0) is 83.5. The minimum absolute atomic E-state index is 0. The largest absolute Gasteiger partial charge is 0.488 e. The van der Waals surface area contributed by atoms with Crippen molar-refractivity contribution in [3.05, 3.63) is 428 Å². The summed E-state index contributed by atoms with van der Waals surface area (Å²) in [5.41, 5.74) is 33.7. The Kier molecular flexibility index (Phi) is 19.6. The molecule has 2 aliphatic rings. The van der Waals surface area contributed by atoms with Crippen molar-refractivity contribution in [1.29, 1.82) is 0 Å². The molecule has 125 heavy (non-hydrogen) atoms. The summed E-state index contributed by atoms with van der Waals surface area (Å²) < 4.78 is 18.7. The van der Waals surface area contributed by atoms with Crippen molar-refractivity contribution in [1.82, 2.24) is 0 Å². The van der Waals surface area contributed by atoms with E-state index in [1.54, 1.807) is 6.07 Å². The van der Waals surface area contributed by atoms with Crippen LogP contribution in [-0.2, 0) is 10.8 Å². The van der Waals surface area contributed by atoms with E-state index < -0.39 is 7.12 Å². The number of rotatable bonds is 12. The normalized spacial score (nSPS) is 12.7. The van der Waals surface area contributed by atoms with Gasteiger partial charge in [-0.3, -0.25) is 0 Å². The molecule has 0 saturated heterocycles. The van der Waals surface area contributed by atoms with E-state index in [0.29, 0.717) is 5.46 Å². The van der Waals surface area contributed by atoms with Crippen LogP contribution in [-0.4, -0.2) is 17.2 Å². The fourth-order valence-corrected chi connectivity index (χ4v) is 21.9. The van der Waals surface area contributed by atoms with Gasteiger partial charge in [-0.15, -0.1) is 22.7 Å². The number of para-hydroxylation sites is 2. The Bertz CT molecular complexity index is 7900. The third-order valence-electron chi connectivity index (χ3n) is 25.7. The van der Waals surface area contributed by atoms with Crippen LogP contribution < -0.4 is 15.3 Å². The van der Waals surface area contributed by atoms with Gasteiger partial charge in [-0.1, -0.05) is 332 Å². The maximum atomic E-state index is 9.30. The highest BCUT2D eigenvalue weighted by molar-refractivity contribution is 7.26. The standard InChI is InChI=1S/C57H39NOS.C43H29NOS.C15H15BO2.CH4/c1-57(2)49-20-9-6-15-43(49)44-32-27-39(35-50(44)57)54-51(34-33-47-45-16-7-10-21-52(45)59-55(47)54)58(40-28-23-37(24-29-40)36-13-4-3-5-14-36)41-30-25-38(26-31-41)42-18-12-19-48-46-17-8-11-22-53(46)60-56(42)48;1-28-39(27-26-37-35-12-5-7-16-40(35)45-42(28)37)44(32-22-18-30(19-23-32)29-10-3-2-4-11-29)33-24-20-31(21-25-33)34-14-9-15-38-36-13-6-8-17-41(36)46-43(34)38;1-15(2)13-6-4-3-5-11(13)12-8-7-10(16(17)18)9-14(12)15;/h3-35H,1-2H3;2-27H,1H3;3-9,17-18H,1-2H3;1H4. The van der Waals surface area contributed by atoms with E-state index in [0.717, 1.165) is 100 Å². The summed E-state index contributed by atoms with van der Waals surface area (Å²) in [6.07, 6.45) is 0. The van der Waals surface area contributed by atoms with Crippen molar-refractivity contribution >= 4 is 154 Å². The van der Waals surface area contributed by atoms with Crippen LogP contribution in [0.25, 0.3) is 162 Å². The number of fused-ring (bicyclic) bond motifs is 18. The summed E-state index contributed by atoms with van der Waals surface area (Å²) in [7, 11) is -1.41. The van der Waals surface area contributed by atoms with Gasteiger partial charge in [0.1, 0.15) is 22.3 Å². The summed E-state index contributed by atoms with van der Waals surface area (Å²) in [5.74, 6) is 0. The van der Waals surface area contributed by atoms with Gasteiger partial charge in [-0.25, -0.2) is 0 Å². The predicted molar refractivity (Wildman–Crippen MR) is 533 cm³/mol. The highest BCUT2D eigenvalue weighted by Gasteiger charge is 2.38. The van der Waals surface area contributed by atoms with E-state index >= 15 is 0 Å². The number of anilines is 6. The quantitative estimate of drug-likeness (QED) is 0.119. The van der Waals surface area contributed by atoms with Crippen molar-refractivity contribution in [2.75, 3.05) is 9.80 Å². The molecule has 0 amide bonds. The molecule has 0 radical (unpaired) electrons. The Labute approximate surface area is 735 Å². The minimum atomic E-state index is -1.41. The lowest BCUT2D eigenvalue weighted by Gasteiger charge is -2.29. The van der Waals surface area contributed by atoms with Crippen LogP contribution in [0.4, 0.5) is 34.1 Å². The fourth-order valence-electron chi connectivity index (χ4n) is 19.4. The van der Waals surface area contributed by atoms with Gasteiger partial charge in [0, 0.05) is 107 Å². The number of furan rings is 2. The molecular formula is C116H87BN2O4S2. The second-order valence-corrected chi connectivity index (χ2v) is 35.7. The average molecular weight is 1650 g/mol. The Morgan fingerprint density at radius 3 is 1.11 bits per heavy atom. The van der Waals surface area contributed by atoms with Crippen LogP contribution >= 0.6 is 22.7 Å². The molecule has 4 heterocycles. The van der Waals surface area contributed by atoms with Crippen molar-refractivity contribution in [2.24, 2.45) is 0 Å². The monoisotopic (exact) mass is 1650 g/mol. The molecule has 600 valence electrons. The van der Waals surface area contributed by atoms with Crippen molar-refractivity contribution in [3.63, 3.8) is 0 Å². The molecule has 22 aromatic rings. The summed E-state index contributed by atoms with van der Waals surface area (Å²) in [6, 6.07) is 144. The molecule has 0 atom stereocenters. The molecule has 0 fully saturated rings. The van der Waals surface area contributed by atoms with Crippen molar-refractivity contribution in [2.45, 2.75) is 52.9 Å². The van der Waals surface area contributed by atoms with Crippen LogP contribution in [0.3, 0.4) is 0 Å². The molecule has 2 aliphatic carbocycles. The molecule has 24 rings (SSSR count). The SMILES string of the molecule is C.CC1(C)c2ccccc2-c2ccc(-c3c(N(c4ccc(-c5ccccc5)cc4)c4ccc(-c5cccc6c5sc5ccccc56)cc4)ccc4c3oc3ccccc34)cc21.CC1(C)c2ccccc2-c2ccc(B(O)O)cc21.Cc1c(N(c2ccc(-c3ccccc3)cc2)c2ccc(-c3cccc4c3sc3ccccc34)cc2)ccc2c1oc1ccccc12. The maximum Gasteiger partial charge on any atom is 0.488 e. The van der Waals surface area contributed by atoms with Gasteiger partial charge < -0.3 is 28.7 Å². The van der Waals surface area contributed by atoms with Gasteiger partial charge in [0.2, 0.25) is 0 Å².